The molecule has 0 spiro atoms. The molecule has 120 valence electrons. The van der Waals surface area contributed by atoms with Crippen molar-refractivity contribution in [3.8, 4) is 0 Å². The number of hydrogen-bond acceptors (Lipinski definition) is 2. The first-order chi connectivity index (χ1) is 9.90. The lowest BCUT2D eigenvalue weighted by atomic mass is 9.75. The smallest absolute Gasteiger partial charge is 0.128 e. The van der Waals surface area contributed by atoms with Crippen LogP contribution in [-0.4, -0.2) is 24.0 Å². The highest BCUT2D eigenvalue weighted by Gasteiger charge is 2.40. The fraction of sp³-hybridized carbons (Fsp3) is 0.667. The maximum absolute atomic E-state index is 14.4. The van der Waals surface area contributed by atoms with Gasteiger partial charge in [0.15, 0.2) is 0 Å². The third-order valence-corrected chi connectivity index (χ3v) is 4.36. The Morgan fingerprint density at radius 3 is 2.14 bits per heavy atom. The average molecular weight is 294 g/mol. The lowest BCUT2D eigenvalue weighted by Crippen LogP contribution is -2.57. The van der Waals surface area contributed by atoms with E-state index in [4.69, 9.17) is 5.73 Å². The van der Waals surface area contributed by atoms with Crippen LogP contribution in [0.25, 0.3) is 0 Å². The van der Waals surface area contributed by atoms with Crippen molar-refractivity contribution in [2.24, 2.45) is 11.7 Å². The number of benzene rings is 1. The van der Waals surface area contributed by atoms with E-state index in [1.165, 1.54) is 6.07 Å². The molecule has 0 amide bonds. The molecule has 0 heterocycles. The molecule has 21 heavy (non-hydrogen) atoms. The first kappa shape index (κ1) is 18.1. The fourth-order valence-electron chi connectivity index (χ4n) is 3.55. The molecule has 0 saturated carbocycles. The van der Waals surface area contributed by atoms with Gasteiger partial charge in [0.05, 0.1) is 5.54 Å². The van der Waals surface area contributed by atoms with Gasteiger partial charge in [0.1, 0.15) is 5.82 Å². The quantitative estimate of drug-likeness (QED) is 0.780. The summed E-state index contributed by atoms with van der Waals surface area (Å²) in [6.45, 7) is 12.6. The summed E-state index contributed by atoms with van der Waals surface area (Å²) in [5, 5.41) is 0. The van der Waals surface area contributed by atoms with Gasteiger partial charge in [-0.05, 0) is 37.9 Å². The summed E-state index contributed by atoms with van der Waals surface area (Å²) in [5.41, 5.74) is 6.84. The average Bonchev–Trinajstić information content (AvgIpc) is 2.43. The van der Waals surface area contributed by atoms with Crippen molar-refractivity contribution in [2.45, 2.75) is 59.0 Å². The minimum absolute atomic E-state index is 0.145. The third-order valence-electron chi connectivity index (χ3n) is 4.36. The van der Waals surface area contributed by atoms with Crippen LogP contribution in [0.3, 0.4) is 0 Å². The van der Waals surface area contributed by atoms with E-state index in [0.29, 0.717) is 11.5 Å². The van der Waals surface area contributed by atoms with E-state index in [1.807, 2.05) is 12.1 Å². The molecule has 3 heteroatoms. The Morgan fingerprint density at radius 1 is 1.14 bits per heavy atom. The van der Waals surface area contributed by atoms with Gasteiger partial charge in [0.25, 0.3) is 0 Å². The Balaban J connectivity index is 3.34. The zero-order chi connectivity index (χ0) is 16.0. The maximum atomic E-state index is 14.4. The molecule has 0 aliphatic heterocycles. The Labute approximate surface area is 129 Å². The van der Waals surface area contributed by atoms with Gasteiger partial charge in [0, 0.05) is 11.6 Å². The molecule has 0 aliphatic carbocycles. The number of halogens is 1. The minimum Gasteiger partial charge on any atom is -0.320 e. The molecule has 0 bridgehead atoms. The normalized spacial score (nSPS) is 16.2. The van der Waals surface area contributed by atoms with Crippen LogP contribution in [0, 0.1) is 11.7 Å². The van der Waals surface area contributed by atoms with Crippen LogP contribution in [0.1, 0.15) is 53.0 Å². The van der Waals surface area contributed by atoms with Crippen LogP contribution in [0.5, 0.6) is 0 Å². The van der Waals surface area contributed by atoms with E-state index in [1.54, 1.807) is 6.07 Å². The molecular weight excluding hydrogens is 263 g/mol. The highest BCUT2D eigenvalue weighted by molar-refractivity contribution is 5.28. The second-order valence-electron chi connectivity index (χ2n) is 6.26. The van der Waals surface area contributed by atoms with Crippen LogP contribution < -0.4 is 5.73 Å². The summed E-state index contributed by atoms with van der Waals surface area (Å²) in [6, 6.07) is 7.13. The number of hydrogen-bond donors (Lipinski definition) is 1. The molecule has 0 saturated heterocycles. The number of rotatable bonds is 8. The van der Waals surface area contributed by atoms with E-state index in [9.17, 15) is 4.39 Å². The van der Waals surface area contributed by atoms with Gasteiger partial charge in [-0.2, -0.15) is 0 Å². The Kier molecular flexibility index (Phi) is 6.82. The van der Waals surface area contributed by atoms with Gasteiger partial charge < -0.3 is 5.73 Å². The molecule has 0 aromatic heterocycles. The molecule has 2 N–H and O–H groups in total. The standard InChI is InChI=1S/C18H31FN2/c1-6-17(21(7-2)8-3)18(20,13-14(4)5)15-11-9-10-12-16(15)19/h9-12,14,17H,6-8,13,20H2,1-5H3. The van der Waals surface area contributed by atoms with Gasteiger partial charge >= 0.3 is 0 Å². The van der Waals surface area contributed by atoms with E-state index >= 15 is 0 Å². The zero-order valence-corrected chi connectivity index (χ0v) is 14.2. The highest BCUT2D eigenvalue weighted by Crippen LogP contribution is 2.35. The van der Waals surface area contributed by atoms with Gasteiger partial charge in [0.2, 0.25) is 0 Å². The van der Waals surface area contributed by atoms with Crippen LogP contribution >= 0.6 is 0 Å². The molecular formula is C18H31FN2. The van der Waals surface area contributed by atoms with Crippen molar-refractivity contribution in [3.05, 3.63) is 35.6 Å². The monoisotopic (exact) mass is 294 g/mol. The first-order valence-corrected chi connectivity index (χ1v) is 8.18. The van der Waals surface area contributed by atoms with Crippen LogP contribution in [0.15, 0.2) is 24.3 Å². The molecule has 2 unspecified atom stereocenters. The van der Waals surface area contributed by atoms with Crippen molar-refractivity contribution in [2.75, 3.05) is 13.1 Å². The van der Waals surface area contributed by atoms with Crippen molar-refractivity contribution < 1.29 is 4.39 Å². The number of nitrogens with two attached hydrogens (primary N) is 1. The van der Waals surface area contributed by atoms with Gasteiger partial charge in [-0.15, -0.1) is 0 Å². The predicted molar refractivity (Wildman–Crippen MR) is 88.7 cm³/mol. The molecule has 1 aromatic rings. The summed E-state index contributed by atoms with van der Waals surface area (Å²) in [4.78, 5) is 2.36. The molecule has 0 aliphatic rings. The topological polar surface area (TPSA) is 29.3 Å². The molecule has 2 nitrogen and oxygen atoms in total. The number of likely N-dealkylation sites (N-methyl/N-ethyl adjacent to an activating group) is 1. The van der Waals surface area contributed by atoms with Gasteiger partial charge in [-0.25, -0.2) is 4.39 Å². The minimum atomic E-state index is -0.653. The Hall–Kier alpha value is -0.930. The van der Waals surface area contributed by atoms with Crippen molar-refractivity contribution in [1.82, 2.24) is 4.90 Å². The third kappa shape index (κ3) is 4.04. The summed E-state index contributed by atoms with van der Waals surface area (Å²) in [5.74, 6) is 0.227. The molecule has 0 radical (unpaired) electrons. The molecule has 0 fully saturated rings. The maximum Gasteiger partial charge on any atom is 0.128 e. The summed E-state index contributed by atoms with van der Waals surface area (Å²) in [6.07, 6.45) is 1.70. The summed E-state index contributed by atoms with van der Waals surface area (Å²) >= 11 is 0. The van der Waals surface area contributed by atoms with Crippen LogP contribution in [-0.2, 0) is 5.54 Å². The van der Waals surface area contributed by atoms with Crippen molar-refractivity contribution >= 4 is 0 Å². The van der Waals surface area contributed by atoms with E-state index in [2.05, 4.69) is 39.5 Å². The van der Waals surface area contributed by atoms with Crippen molar-refractivity contribution in [1.29, 1.82) is 0 Å². The second-order valence-corrected chi connectivity index (χ2v) is 6.26. The summed E-state index contributed by atoms with van der Waals surface area (Å²) < 4.78 is 14.4. The lowest BCUT2D eigenvalue weighted by Gasteiger charge is -2.44. The largest absolute Gasteiger partial charge is 0.320 e. The zero-order valence-electron chi connectivity index (χ0n) is 14.2. The van der Waals surface area contributed by atoms with Crippen LogP contribution in [0.2, 0.25) is 0 Å². The van der Waals surface area contributed by atoms with E-state index in [0.717, 1.165) is 25.9 Å². The van der Waals surface area contributed by atoms with E-state index in [-0.39, 0.29) is 11.9 Å². The Bertz CT molecular complexity index is 429. The van der Waals surface area contributed by atoms with Gasteiger partial charge in [-0.1, -0.05) is 52.8 Å². The first-order valence-electron chi connectivity index (χ1n) is 8.18. The Morgan fingerprint density at radius 2 is 1.71 bits per heavy atom. The molecule has 2 atom stereocenters. The van der Waals surface area contributed by atoms with Crippen LogP contribution in [0.4, 0.5) is 4.39 Å². The SMILES string of the molecule is CCC(N(CC)CC)C(N)(CC(C)C)c1ccccc1F. The molecule has 1 aromatic carbocycles. The van der Waals surface area contributed by atoms with Crippen molar-refractivity contribution in [3.63, 3.8) is 0 Å². The fourth-order valence-corrected chi connectivity index (χ4v) is 3.55. The van der Waals surface area contributed by atoms with Gasteiger partial charge in [-0.3, -0.25) is 4.90 Å². The van der Waals surface area contributed by atoms with E-state index < -0.39 is 5.54 Å². The second kappa shape index (κ2) is 7.90. The summed E-state index contributed by atoms with van der Waals surface area (Å²) in [7, 11) is 0. The molecule has 1 rings (SSSR count). The lowest BCUT2D eigenvalue weighted by molar-refractivity contribution is 0.106. The predicted octanol–water partition coefficient (Wildman–Crippen LogP) is 4.15. The highest BCUT2D eigenvalue weighted by atomic mass is 19.1. The number of nitrogens with zero attached hydrogens (tertiary/aromatic N) is 1.